The summed E-state index contributed by atoms with van der Waals surface area (Å²) in [6.45, 7) is 3.87. The zero-order valence-corrected chi connectivity index (χ0v) is 17.7. The highest BCUT2D eigenvalue weighted by atomic mass is 16.7. The van der Waals surface area contributed by atoms with E-state index in [9.17, 15) is 14.4 Å². The first-order valence-corrected chi connectivity index (χ1v) is 10.2. The summed E-state index contributed by atoms with van der Waals surface area (Å²) in [6, 6.07) is 5.36. The number of piperidine rings is 1. The van der Waals surface area contributed by atoms with Gasteiger partial charge in [-0.15, -0.1) is 0 Å². The topological polar surface area (TPSA) is 97.4 Å². The molecule has 0 atom stereocenters. The number of benzene rings is 1. The van der Waals surface area contributed by atoms with Crippen molar-refractivity contribution in [2.45, 2.75) is 38.6 Å². The van der Waals surface area contributed by atoms with E-state index in [1.807, 2.05) is 11.0 Å². The van der Waals surface area contributed by atoms with Gasteiger partial charge in [0, 0.05) is 39.9 Å². The quantitative estimate of drug-likeness (QED) is 0.675. The molecule has 2 aliphatic rings. The van der Waals surface area contributed by atoms with Crippen molar-refractivity contribution in [3.63, 3.8) is 0 Å². The third-order valence-corrected chi connectivity index (χ3v) is 5.60. The first kappa shape index (κ1) is 22.0. The van der Waals surface area contributed by atoms with Crippen LogP contribution in [0.2, 0.25) is 0 Å². The molecule has 0 bridgehead atoms. The molecule has 0 spiro atoms. The number of hydrogen-bond acceptors (Lipinski definition) is 6. The van der Waals surface area contributed by atoms with Crippen molar-refractivity contribution in [3.05, 3.63) is 34.9 Å². The summed E-state index contributed by atoms with van der Waals surface area (Å²) < 4.78 is 15.2. The van der Waals surface area contributed by atoms with Gasteiger partial charge in [-0.1, -0.05) is 12.1 Å². The summed E-state index contributed by atoms with van der Waals surface area (Å²) in [4.78, 5) is 41.3. The minimum Gasteiger partial charge on any atom is -0.450 e. The lowest BCUT2D eigenvalue weighted by molar-refractivity contribution is -0.0974. The number of nitrogens with zero attached hydrogens (tertiary/aromatic N) is 2. The summed E-state index contributed by atoms with van der Waals surface area (Å²) in [6.07, 6.45) is 0.506. The van der Waals surface area contributed by atoms with Crippen molar-refractivity contribution in [2.24, 2.45) is 0 Å². The Morgan fingerprint density at radius 3 is 2.53 bits per heavy atom. The predicted octanol–water partition coefficient (Wildman–Crippen LogP) is 1.61. The molecule has 1 aromatic rings. The van der Waals surface area contributed by atoms with Gasteiger partial charge in [-0.2, -0.15) is 0 Å². The summed E-state index contributed by atoms with van der Waals surface area (Å²) in [5.74, 6) is -0.473. The molecule has 1 fully saturated rings. The fourth-order valence-electron chi connectivity index (χ4n) is 3.98. The second-order valence-electron chi connectivity index (χ2n) is 7.30. The third-order valence-electron chi connectivity index (χ3n) is 5.60. The largest absolute Gasteiger partial charge is 0.450 e. The van der Waals surface area contributed by atoms with Crippen LogP contribution in [-0.2, 0) is 20.8 Å². The number of amides is 3. The van der Waals surface area contributed by atoms with Crippen LogP contribution in [0.4, 0.5) is 4.79 Å². The van der Waals surface area contributed by atoms with Gasteiger partial charge >= 0.3 is 6.09 Å². The molecular weight excluding hydrogens is 390 g/mol. The first-order chi connectivity index (χ1) is 14.5. The van der Waals surface area contributed by atoms with Crippen LogP contribution in [0.3, 0.4) is 0 Å². The number of carbonyl (C=O) groups excluding carboxylic acids is 3. The lowest BCUT2D eigenvalue weighted by Gasteiger charge is -2.36. The van der Waals surface area contributed by atoms with Crippen LogP contribution >= 0.6 is 0 Å². The maximum absolute atomic E-state index is 13.2. The molecular formula is C21H29N3O6. The van der Waals surface area contributed by atoms with Gasteiger partial charge in [-0.25, -0.2) is 4.79 Å². The van der Waals surface area contributed by atoms with Crippen LogP contribution < -0.4 is 5.32 Å². The minimum atomic E-state index is -0.553. The van der Waals surface area contributed by atoms with Crippen molar-refractivity contribution in [3.8, 4) is 0 Å². The normalized spacial score (nSPS) is 16.7. The van der Waals surface area contributed by atoms with Crippen LogP contribution in [0.15, 0.2) is 18.2 Å². The Kier molecular flexibility index (Phi) is 7.28. The molecule has 3 amide bonds. The molecule has 0 aliphatic carbocycles. The van der Waals surface area contributed by atoms with Crippen molar-refractivity contribution in [1.82, 2.24) is 15.1 Å². The average molecular weight is 419 g/mol. The monoisotopic (exact) mass is 419 g/mol. The highest BCUT2D eigenvalue weighted by molar-refractivity contribution is 6.09. The van der Waals surface area contributed by atoms with Crippen LogP contribution in [-0.4, -0.2) is 80.5 Å². The standard InChI is InChI=1S/C21H29N3O6/c1-4-30-21(27)23-10-8-15(9-11-23)24-13-14-6-5-7-16(18(14)20(24)26)19(25)22-12-17(28-2)29-3/h5-7,15,17H,4,8-13H2,1-3H3,(H,22,25). The van der Waals surface area contributed by atoms with Gasteiger partial charge in [0.1, 0.15) is 0 Å². The second-order valence-corrected chi connectivity index (χ2v) is 7.30. The van der Waals surface area contributed by atoms with E-state index in [-0.39, 0.29) is 30.5 Å². The number of hydrogen-bond donors (Lipinski definition) is 1. The van der Waals surface area contributed by atoms with E-state index in [1.165, 1.54) is 14.2 Å². The molecule has 1 aromatic carbocycles. The van der Waals surface area contributed by atoms with E-state index < -0.39 is 6.29 Å². The molecule has 0 radical (unpaired) electrons. The van der Waals surface area contributed by atoms with E-state index >= 15 is 0 Å². The number of fused-ring (bicyclic) bond motifs is 1. The number of nitrogens with one attached hydrogen (secondary N) is 1. The van der Waals surface area contributed by atoms with Crippen molar-refractivity contribution >= 4 is 17.9 Å². The van der Waals surface area contributed by atoms with E-state index in [0.717, 1.165) is 5.56 Å². The number of likely N-dealkylation sites (tertiary alicyclic amines) is 1. The Labute approximate surface area is 176 Å². The van der Waals surface area contributed by atoms with Gasteiger partial charge in [0.05, 0.1) is 24.3 Å². The lowest BCUT2D eigenvalue weighted by atomic mass is 10.0. The van der Waals surface area contributed by atoms with Crippen LogP contribution in [0.5, 0.6) is 0 Å². The van der Waals surface area contributed by atoms with Crippen LogP contribution in [0.25, 0.3) is 0 Å². The predicted molar refractivity (Wildman–Crippen MR) is 108 cm³/mol. The molecule has 2 heterocycles. The van der Waals surface area contributed by atoms with Crippen molar-refractivity contribution < 1.29 is 28.6 Å². The summed E-state index contributed by atoms with van der Waals surface area (Å²) >= 11 is 0. The molecule has 2 aliphatic heterocycles. The Hall–Kier alpha value is -2.65. The Bertz CT molecular complexity index is 787. The molecule has 3 rings (SSSR count). The molecule has 164 valence electrons. The highest BCUT2D eigenvalue weighted by Crippen LogP contribution is 2.31. The van der Waals surface area contributed by atoms with Gasteiger partial charge in [-0.3, -0.25) is 9.59 Å². The Balaban J connectivity index is 1.66. The highest BCUT2D eigenvalue weighted by Gasteiger charge is 2.37. The molecule has 30 heavy (non-hydrogen) atoms. The van der Waals surface area contributed by atoms with E-state index in [4.69, 9.17) is 14.2 Å². The van der Waals surface area contributed by atoms with Gasteiger partial charge in [0.25, 0.3) is 11.8 Å². The zero-order valence-electron chi connectivity index (χ0n) is 17.7. The smallest absolute Gasteiger partial charge is 0.409 e. The van der Waals surface area contributed by atoms with Gasteiger partial charge < -0.3 is 29.3 Å². The summed E-state index contributed by atoms with van der Waals surface area (Å²) in [5, 5.41) is 2.76. The molecule has 1 saturated heterocycles. The first-order valence-electron chi connectivity index (χ1n) is 10.2. The van der Waals surface area contributed by atoms with E-state index in [2.05, 4.69) is 5.32 Å². The maximum Gasteiger partial charge on any atom is 0.409 e. The SMILES string of the molecule is CCOC(=O)N1CCC(N2Cc3cccc(C(=O)NCC(OC)OC)c3C2=O)CC1. The fourth-order valence-corrected chi connectivity index (χ4v) is 3.98. The fraction of sp³-hybridized carbons (Fsp3) is 0.571. The molecule has 0 unspecified atom stereocenters. The Morgan fingerprint density at radius 1 is 1.20 bits per heavy atom. The molecule has 0 saturated carbocycles. The van der Waals surface area contributed by atoms with E-state index in [0.29, 0.717) is 50.2 Å². The summed E-state index contributed by atoms with van der Waals surface area (Å²) in [7, 11) is 2.99. The van der Waals surface area contributed by atoms with Gasteiger partial charge in [0.15, 0.2) is 6.29 Å². The molecule has 9 nitrogen and oxygen atoms in total. The zero-order chi connectivity index (χ0) is 21.7. The lowest BCUT2D eigenvalue weighted by Crippen LogP contribution is -2.47. The molecule has 1 N–H and O–H groups in total. The number of ether oxygens (including phenoxy) is 3. The van der Waals surface area contributed by atoms with Gasteiger partial charge in [-0.05, 0) is 31.4 Å². The number of rotatable bonds is 7. The Morgan fingerprint density at radius 2 is 1.90 bits per heavy atom. The van der Waals surface area contributed by atoms with E-state index in [1.54, 1.807) is 24.0 Å². The molecule has 9 heteroatoms. The van der Waals surface area contributed by atoms with Crippen molar-refractivity contribution in [1.29, 1.82) is 0 Å². The number of carbonyl (C=O) groups is 3. The second kappa shape index (κ2) is 9.90. The van der Waals surface area contributed by atoms with Crippen molar-refractivity contribution in [2.75, 3.05) is 40.5 Å². The molecule has 0 aromatic heterocycles. The average Bonchev–Trinajstić information content (AvgIpc) is 3.11. The maximum atomic E-state index is 13.2. The summed E-state index contributed by atoms with van der Waals surface area (Å²) in [5.41, 5.74) is 1.65. The third kappa shape index (κ3) is 4.57. The van der Waals surface area contributed by atoms with Gasteiger partial charge in [0.2, 0.25) is 0 Å². The van der Waals surface area contributed by atoms with Crippen LogP contribution in [0.1, 0.15) is 46.0 Å². The number of methoxy groups -OCH3 is 2. The minimum absolute atomic E-state index is 0.0258. The van der Waals surface area contributed by atoms with Crippen LogP contribution in [0, 0.1) is 0 Å².